The summed E-state index contributed by atoms with van der Waals surface area (Å²) >= 11 is 0. The Bertz CT molecular complexity index is 13.5. The molecule has 0 heterocycles. The van der Waals surface area contributed by atoms with Crippen LogP contribution in [0.4, 0.5) is 0 Å². The van der Waals surface area contributed by atoms with Gasteiger partial charge >= 0.3 is 0 Å². The second kappa shape index (κ2) is 8.97. The van der Waals surface area contributed by atoms with Crippen LogP contribution >= 0.6 is 0 Å². The second-order valence-corrected chi connectivity index (χ2v) is 0.0816. The van der Waals surface area contributed by atoms with Gasteiger partial charge in [-0.05, 0) is 0 Å². The predicted octanol–water partition coefficient (Wildman–Crippen LogP) is -0.239. The predicted molar refractivity (Wildman–Crippen MR) is 13.3 cm³/mol. The first kappa shape index (κ1) is 8.90. The molecule has 0 spiro atoms. The molecule has 0 amide bonds. The van der Waals surface area contributed by atoms with E-state index in [0.717, 1.165) is 0 Å². The molecule has 0 aliphatic rings. The van der Waals surface area contributed by atoms with E-state index in [4.69, 9.17) is 10.1 Å². The monoisotopic (exact) mass is 87.0 g/mol. The van der Waals surface area contributed by atoms with Crippen LogP contribution in [0.15, 0.2) is 5.34 Å². The van der Waals surface area contributed by atoms with Crippen molar-refractivity contribution in [3.05, 3.63) is 4.91 Å². The molecule has 0 rings (SSSR count). The van der Waals surface area contributed by atoms with Crippen molar-refractivity contribution in [1.29, 1.82) is 0 Å². The van der Waals surface area contributed by atoms with Gasteiger partial charge in [-0.1, -0.05) is 0 Å². The van der Waals surface area contributed by atoms with Crippen LogP contribution < -0.4 is 0 Å². The maximum absolute atomic E-state index is 8.11. The Kier molecular flexibility index (Phi) is 20.0. The summed E-state index contributed by atoms with van der Waals surface area (Å²) in [5.74, 6) is 0. The molecule has 4 heavy (non-hydrogen) atoms. The van der Waals surface area contributed by atoms with Gasteiger partial charge in [0.25, 0.3) is 0 Å². The molecule has 0 unspecified atom stereocenters. The normalized spacial score (nSPS) is 3.00. The fourth-order valence-electron chi connectivity index (χ4n) is 0. The van der Waals surface area contributed by atoms with Crippen molar-refractivity contribution in [1.82, 2.24) is 0 Å². The quantitative estimate of drug-likeness (QED) is 0.192. The van der Waals surface area contributed by atoms with Crippen LogP contribution in [0.25, 0.3) is 0 Å². The molecule has 0 aliphatic carbocycles. The molecule has 0 aromatic rings. The van der Waals surface area contributed by atoms with Gasteiger partial charge in [0, 0.05) is 51.4 Å². The molecule has 0 atom stereocenters. The smallest absolute Gasteiger partial charge is 0.152 e. The van der Waals surface area contributed by atoms with Gasteiger partial charge in [-0.2, -0.15) is 0 Å². The van der Waals surface area contributed by atoms with Crippen molar-refractivity contribution in [2.24, 2.45) is 5.34 Å². The largest absolute Gasteiger partial charge is 0.379 e. The summed E-state index contributed by atoms with van der Waals surface area (Å²) in [5.41, 5.74) is 0. The Labute approximate surface area is 65.7 Å². The molecular weight excluding hydrogens is 86.1 g/mol. The van der Waals surface area contributed by atoms with E-state index in [1.54, 1.807) is 0 Å². The summed E-state index contributed by atoms with van der Waals surface area (Å²) in [6.07, 6.45) is 0. The van der Waals surface area contributed by atoms with Crippen molar-refractivity contribution in [2.45, 2.75) is 0 Å². The third-order valence-electron chi connectivity index (χ3n) is 0. The SMILES string of the molecule is O=[15N]O.[K]. The molecule has 0 aromatic carbocycles. The van der Waals surface area contributed by atoms with E-state index in [9.17, 15) is 0 Å². The third kappa shape index (κ3) is 11.7. The van der Waals surface area contributed by atoms with Crippen LogP contribution in [0.5, 0.6) is 0 Å². The molecule has 0 aromatic heterocycles. The minimum atomic E-state index is 0. The molecule has 1 radical (unpaired) electrons. The van der Waals surface area contributed by atoms with Gasteiger partial charge in [-0.15, -0.1) is 4.91 Å². The van der Waals surface area contributed by atoms with Crippen molar-refractivity contribution in [3.8, 4) is 0 Å². The summed E-state index contributed by atoms with van der Waals surface area (Å²) in [6, 6.07) is 0. The number of rotatable bonds is 0. The summed E-state index contributed by atoms with van der Waals surface area (Å²) in [7, 11) is 0. The minimum absolute atomic E-state index is 0. The maximum atomic E-state index is 8.11. The first-order chi connectivity index (χ1) is 1.41. The van der Waals surface area contributed by atoms with Crippen LogP contribution in [0.3, 0.4) is 0 Å². The van der Waals surface area contributed by atoms with E-state index in [1.807, 2.05) is 0 Å². The molecule has 0 saturated carbocycles. The van der Waals surface area contributed by atoms with Crippen LogP contribution in [0.2, 0.25) is 0 Å². The van der Waals surface area contributed by atoms with E-state index < -0.39 is 0 Å². The van der Waals surface area contributed by atoms with E-state index in [2.05, 4.69) is 0 Å². The van der Waals surface area contributed by atoms with Crippen LogP contribution in [-0.4, -0.2) is 56.6 Å². The summed E-state index contributed by atoms with van der Waals surface area (Å²) in [6.45, 7) is 0. The molecule has 19 valence electrons. The van der Waals surface area contributed by atoms with Gasteiger partial charge in [-0.3, -0.25) is 0 Å². The molecule has 4 heteroatoms. The van der Waals surface area contributed by atoms with Crippen molar-refractivity contribution >= 4 is 51.4 Å². The Morgan fingerprint density at radius 1 is 1.75 bits per heavy atom. The van der Waals surface area contributed by atoms with Crippen molar-refractivity contribution in [3.63, 3.8) is 0 Å². The zero-order valence-electron chi connectivity index (χ0n) is 2.30. The van der Waals surface area contributed by atoms with Gasteiger partial charge < -0.3 is 5.21 Å². The molecule has 0 fully saturated rings. The second-order valence-electron chi connectivity index (χ2n) is 0.0816. The molecule has 3 nitrogen and oxygen atoms in total. The van der Waals surface area contributed by atoms with Gasteiger partial charge in [0.15, 0.2) is 5.34 Å². The molecule has 0 aliphatic heterocycles. The Morgan fingerprint density at radius 2 is 1.75 bits per heavy atom. The van der Waals surface area contributed by atoms with Gasteiger partial charge in [0.1, 0.15) is 0 Å². The Morgan fingerprint density at radius 3 is 1.75 bits per heavy atom. The van der Waals surface area contributed by atoms with Gasteiger partial charge in [0.2, 0.25) is 0 Å². The minimum Gasteiger partial charge on any atom is -0.379 e. The van der Waals surface area contributed by atoms with Crippen LogP contribution in [0, 0.1) is 4.91 Å². The van der Waals surface area contributed by atoms with Crippen LogP contribution in [-0.2, 0) is 0 Å². The topological polar surface area (TPSA) is 49.7 Å². The fourth-order valence-corrected chi connectivity index (χ4v) is 0. The zero-order valence-corrected chi connectivity index (χ0v) is 5.43. The number of hydrogen-bond acceptors (Lipinski definition) is 2. The van der Waals surface area contributed by atoms with Gasteiger partial charge in [0.05, 0.1) is 0 Å². The zero-order chi connectivity index (χ0) is 2.71. The van der Waals surface area contributed by atoms with Crippen LogP contribution in [0.1, 0.15) is 0 Å². The Balaban J connectivity index is 0. The van der Waals surface area contributed by atoms with E-state index in [1.165, 1.54) is 5.34 Å². The maximum Gasteiger partial charge on any atom is 0.152 e. The van der Waals surface area contributed by atoms with E-state index in [-0.39, 0.29) is 51.4 Å². The van der Waals surface area contributed by atoms with E-state index in [0.29, 0.717) is 0 Å². The summed E-state index contributed by atoms with van der Waals surface area (Å²) in [5, 5.41) is 7.89. The van der Waals surface area contributed by atoms with E-state index >= 15 is 0 Å². The third-order valence-corrected chi connectivity index (χ3v) is 0. The fraction of sp³-hybridized carbons (Fsp3) is 0. The average Bonchev–Trinajstić information content (AvgIpc) is 0.918. The molecular formula is HKNO2. The molecule has 0 saturated heterocycles. The average molecular weight is 87.1 g/mol. The summed E-state index contributed by atoms with van der Waals surface area (Å²) < 4.78 is 0. The first-order valence-corrected chi connectivity index (χ1v) is 0.383. The summed E-state index contributed by atoms with van der Waals surface area (Å²) in [4.78, 5) is 8.11. The number of hydrogen-bond donors (Lipinski definition) is 1. The van der Waals surface area contributed by atoms with Gasteiger partial charge in [-0.25, -0.2) is 0 Å². The standard InChI is InChI=1S/K.HNO2/c;2-1-3/h;(H,2,3)/i;1+1. The Hall–Kier alpha value is 1.04. The van der Waals surface area contributed by atoms with Crippen molar-refractivity contribution in [2.75, 3.05) is 0 Å². The molecule has 0 bridgehead atoms. The first-order valence-electron chi connectivity index (χ1n) is 0.383. The number of nitrogens with zero attached hydrogens (tertiary/aromatic N) is 1. The van der Waals surface area contributed by atoms with Crippen molar-refractivity contribution < 1.29 is 5.21 Å². The molecule has 1 N–H and O–H groups in total.